The van der Waals surface area contributed by atoms with Gasteiger partial charge in [0.1, 0.15) is 0 Å². The molecule has 9 heteroatoms. The molecule has 0 saturated carbocycles. The molecule has 0 aliphatic rings. The van der Waals surface area contributed by atoms with E-state index in [4.69, 9.17) is 5.73 Å². The average molecular weight is 348 g/mol. The second-order valence-electron chi connectivity index (χ2n) is 5.51. The first kappa shape index (κ1) is 17.9. The van der Waals surface area contributed by atoms with E-state index in [-0.39, 0.29) is 29.9 Å². The van der Waals surface area contributed by atoms with Crippen LogP contribution in [-0.2, 0) is 15.3 Å². The summed E-state index contributed by atoms with van der Waals surface area (Å²) in [5.74, 6) is 0.999. The number of carbonyl (C=O) groups excluding carboxylic acids is 2. The third kappa shape index (κ3) is 5.34. The van der Waals surface area contributed by atoms with Crippen molar-refractivity contribution in [2.24, 2.45) is 0 Å². The van der Waals surface area contributed by atoms with Crippen LogP contribution in [0.1, 0.15) is 32.1 Å². The molecule has 1 heterocycles. The summed E-state index contributed by atoms with van der Waals surface area (Å²) in [5, 5.41) is 14.1. The Hall–Kier alpha value is -2.42. The maximum atomic E-state index is 11.9. The van der Waals surface area contributed by atoms with Crippen LogP contribution in [0.2, 0.25) is 0 Å². The lowest BCUT2D eigenvalue weighted by molar-refractivity contribution is -0.123. The molecule has 0 aliphatic heterocycles. The highest BCUT2D eigenvalue weighted by molar-refractivity contribution is 7.99. The maximum Gasteiger partial charge on any atom is 0.231 e. The lowest BCUT2D eigenvalue weighted by Crippen LogP contribution is -2.17. The summed E-state index contributed by atoms with van der Waals surface area (Å²) in [6.07, 6.45) is -0.160. The number of tetrazole rings is 1. The zero-order chi connectivity index (χ0) is 17.5. The molecule has 3 N–H and O–H groups in total. The van der Waals surface area contributed by atoms with Crippen molar-refractivity contribution in [1.82, 2.24) is 20.2 Å². The van der Waals surface area contributed by atoms with Crippen molar-refractivity contribution < 1.29 is 9.59 Å². The molecule has 0 atom stereocenters. The first-order valence-corrected chi connectivity index (χ1v) is 8.62. The van der Waals surface area contributed by atoms with Crippen LogP contribution < -0.4 is 11.1 Å². The third-order valence-electron chi connectivity index (χ3n) is 3.10. The highest BCUT2D eigenvalue weighted by Crippen LogP contribution is 2.14. The first-order chi connectivity index (χ1) is 11.5. The quantitative estimate of drug-likeness (QED) is 0.550. The zero-order valence-electron chi connectivity index (χ0n) is 13.6. The van der Waals surface area contributed by atoms with Crippen molar-refractivity contribution >= 4 is 34.8 Å². The van der Waals surface area contributed by atoms with Gasteiger partial charge in [0.25, 0.3) is 0 Å². The molecule has 128 valence electrons. The number of nitrogens with two attached hydrogens (primary N) is 1. The van der Waals surface area contributed by atoms with E-state index < -0.39 is 0 Å². The summed E-state index contributed by atoms with van der Waals surface area (Å²) in [5.41, 5.74) is 6.81. The Morgan fingerprint density at radius 1 is 1.29 bits per heavy atom. The van der Waals surface area contributed by atoms with E-state index in [0.29, 0.717) is 23.0 Å². The molecular formula is C15H20N6O2S. The van der Waals surface area contributed by atoms with Crippen LogP contribution in [0.5, 0.6) is 0 Å². The van der Waals surface area contributed by atoms with E-state index in [2.05, 4.69) is 20.8 Å². The molecule has 0 spiro atoms. The fourth-order valence-electron chi connectivity index (χ4n) is 1.97. The Labute approximate surface area is 144 Å². The molecule has 8 nitrogen and oxygen atoms in total. The van der Waals surface area contributed by atoms with Gasteiger partial charge in [0, 0.05) is 11.4 Å². The van der Waals surface area contributed by atoms with E-state index in [1.54, 1.807) is 28.9 Å². The number of amides is 1. The summed E-state index contributed by atoms with van der Waals surface area (Å²) in [4.78, 5) is 23.7. The number of hydrogen-bond acceptors (Lipinski definition) is 7. The summed E-state index contributed by atoms with van der Waals surface area (Å²) in [7, 11) is 0. The van der Waals surface area contributed by atoms with Crippen LogP contribution in [0.15, 0.2) is 24.3 Å². The van der Waals surface area contributed by atoms with Gasteiger partial charge in [0.15, 0.2) is 11.6 Å². The fraction of sp³-hybridized carbons (Fsp3) is 0.400. The number of thioether (sulfide) groups is 1. The Kier molecular flexibility index (Phi) is 6.30. The van der Waals surface area contributed by atoms with Crippen LogP contribution in [-0.4, -0.2) is 37.7 Å². The molecule has 1 aromatic carbocycles. The molecule has 2 rings (SSSR count). The summed E-state index contributed by atoms with van der Waals surface area (Å²) < 4.78 is 1.71. The van der Waals surface area contributed by atoms with E-state index in [1.165, 1.54) is 11.8 Å². The molecule has 2 aromatic rings. The van der Waals surface area contributed by atoms with Crippen LogP contribution in [0.3, 0.4) is 0 Å². The van der Waals surface area contributed by atoms with Crippen molar-refractivity contribution in [1.29, 1.82) is 0 Å². The second-order valence-corrected chi connectivity index (χ2v) is 6.50. The Morgan fingerprint density at radius 3 is 2.67 bits per heavy atom. The lowest BCUT2D eigenvalue weighted by Gasteiger charge is -2.07. The van der Waals surface area contributed by atoms with Crippen LogP contribution in [0.25, 0.3) is 0 Å². The number of ketones is 1. The molecule has 1 aromatic heterocycles. The van der Waals surface area contributed by atoms with Crippen molar-refractivity contribution in [3.63, 3.8) is 0 Å². The molecule has 0 bridgehead atoms. The first-order valence-electron chi connectivity index (χ1n) is 7.47. The molecule has 0 radical (unpaired) electrons. The predicted molar refractivity (Wildman–Crippen MR) is 93.5 cm³/mol. The lowest BCUT2D eigenvalue weighted by atomic mass is 10.2. The van der Waals surface area contributed by atoms with Gasteiger partial charge < -0.3 is 11.1 Å². The number of carbonyl (C=O) groups is 2. The van der Waals surface area contributed by atoms with E-state index in [0.717, 1.165) is 0 Å². The average Bonchev–Trinajstić information content (AvgIpc) is 2.98. The minimum Gasteiger partial charge on any atom is -0.399 e. The van der Waals surface area contributed by atoms with Gasteiger partial charge in [-0.15, -0.1) is 16.9 Å². The SMILES string of the molecule is CC(C)n1nnnc1CSCC(=O)CC(=O)Nc1ccc(N)cc1. The van der Waals surface area contributed by atoms with E-state index in [9.17, 15) is 9.59 Å². The smallest absolute Gasteiger partial charge is 0.231 e. The van der Waals surface area contributed by atoms with Gasteiger partial charge >= 0.3 is 0 Å². The Bertz CT molecular complexity index is 698. The minimum absolute atomic E-state index is 0.142. The number of hydrogen-bond donors (Lipinski definition) is 2. The molecule has 0 saturated heterocycles. The van der Waals surface area contributed by atoms with Gasteiger partial charge in [-0.1, -0.05) is 0 Å². The maximum absolute atomic E-state index is 11.9. The van der Waals surface area contributed by atoms with Crippen LogP contribution in [0.4, 0.5) is 11.4 Å². The number of nitrogens with one attached hydrogen (secondary N) is 1. The van der Waals surface area contributed by atoms with Gasteiger partial charge in [0.05, 0.1) is 24.0 Å². The number of rotatable bonds is 8. The monoisotopic (exact) mass is 348 g/mol. The van der Waals surface area contributed by atoms with Crippen LogP contribution >= 0.6 is 11.8 Å². The normalized spacial score (nSPS) is 10.8. The van der Waals surface area contributed by atoms with E-state index in [1.807, 2.05) is 13.8 Å². The highest BCUT2D eigenvalue weighted by atomic mass is 32.2. The number of Topliss-reactive ketones (excluding diaryl/α,β-unsaturated/α-hetero) is 1. The topological polar surface area (TPSA) is 116 Å². The van der Waals surface area contributed by atoms with Gasteiger partial charge in [-0.3, -0.25) is 9.59 Å². The fourth-order valence-corrected chi connectivity index (χ4v) is 2.77. The number of benzene rings is 1. The standard InChI is InChI=1S/C15H20N6O2S/c1-10(2)21-14(18-19-20-21)9-24-8-13(22)7-15(23)17-12-5-3-11(16)4-6-12/h3-6,10H,7-9,16H2,1-2H3,(H,17,23). The van der Waals surface area contributed by atoms with Gasteiger partial charge in [-0.25, -0.2) is 4.68 Å². The molecule has 1 amide bonds. The highest BCUT2D eigenvalue weighted by Gasteiger charge is 2.13. The van der Waals surface area contributed by atoms with Crippen molar-refractivity contribution in [2.75, 3.05) is 16.8 Å². The van der Waals surface area contributed by atoms with Gasteiger partial charge in [-0.05, 0) is 48.5 Å². The molecule has 0 fully saturated rings. The largest absolute Gasteiger partial charge is 0.399 e. The zero-order valence-corrected chi connectivity index (χ0v) is 14.4. The van der Waals surface area contributed by atoms with Crippen molar-refractivity contribution in [3.8, 4) is 0 Å². The van der Waals surface area contributed by atoms with Crippen LogP contribution in [0, 0.1) is 0 Å². The van der Waals surface area contributed by atoms with E-state index >= 15 is 0 Å². The van der Waals surface area contributed by atoms with Crippen molar-refractivity contribution in [2.45, 2.75) is 32.1 Å². The number of nitrogens with zero attached hydrogens (tertiary/aromatic N) is 4. The minimum atomic E-state index is -0.336. The Morgan fingerprint density at radius 2 is 2.00 bits per heavy atom. The van der Waals surface area contributed by atoms with Crippen molar-refractivity contribution in [3.05, 3.63) is 30.1 Å². The predicted octanol–water partition coefficient (Wildman–Crippen LogP) is 1.67. The molecular weight excluding hydrogens is 328 g/mol. The number of aromatic nitrogens is 4. The summed E-state index contributed by atoms with van der Waals surface area (Å²) in [6, 6.07) is 6.92. The Balaban J connectivity index is 1.73. The number of nitrogen functional groups attached to an aromatic ring is 1. The summed E-state index contributed by atoms with van der Waals surface area (Å²) >= 11 is 1.39. The second kappa shape index (κ2) is 8.44. The molecule has 0 unspecified atom stereocenters. The van der Waals surface area contributed by atoms with Gasteiger partial charge in [-0.2, -0.15) is 0 Å². The number of anilines is 2. The summed E-state index contributed by atoms with van der Waals surface area (Å²) in [6.45, 7) is 3.97. The molecule has 24 heavy (non-hydrogen) atoms. The van der Waals surface area contributed by atoms with Gasteiger partial charge in [0.2, 0.25) is 5.91 Å². The molecule has 0 aliphatic carbocycles. The third-order valence-corrected chi connectivity index (χ3v) is 4.08.